The van der Waals surface area contributed by atoms with Gasteiger partial charge in [-0.1, -0.05) is 19.1 Å². The molecule has 0 aromatic heterocycles. The molecular weight excluding hydrogens is 292 g/mol. The van der Waals surface area contributed by atoms with Crippen molar-refractivity contribution in [2.45, 2.75) is 37.2 Å². The average Bonchev–Trinajstić information content (AvgIpc) is 2.45. The lowest BCUT2D eigenvalue weighted by molar-refractivity contribution is 0.557. The van der Waals surface area contributed by atoms with Crippen LogP contribution in [0.15, 0.2) is 29.2 Å². The van der Waals surface area contributed by atoms with Crippen molar-refractivity contribution >= 4 is 21.8 Å². The second-order valence-corrected chi connectivity index (χ2v) is 7.39. The molecule has 0 fully saturated rings. The molecule has 0 radical (unpaired) electrons. The minimum atomic E-state index is -3.45. The van der Waals surface area contributed by atoms with Crippen LogP contribution in [0, 0.1) is 0 Å². The third-order valence-electron chi connectivity index (χ3n) is 3.28. The molecule has 0 bridgehead atoms. The summed E-state index contributed by atoms with van der Waals surface area (Å²) in [4.78, 5) is 0.330. The minimum absolute atomic E-state index is 0.0274. The van der Waals surface area contributed by atoms with E-state index < -0.39 is 10.0 Å². The van der Waals surface area contributed by atoms with Crippen LogP contribution in [-0.2, 0) is 10.0 Å². The molecule has 4 nitrogen and oxygen atoms in total. The zero-order valence-corrected chi connectivity index (χ0v) is 14.1. The Bertz CT molecular complexity index is 518. The Morgan fingerprint density at radius 2 is 2.05 bits per heavy atom. The van der Waals surface area contributed by atoms with Gasteiger partial charge in [0.1, 0.15) is 0 Å². The molecule has 114 valence electrons. The Morgan fingerprint density at radius 3 is 2.60 bits per heavy atom. The van der Waals surface area contributed by atoms with E-state index in [0.29, 0.717) is 4.90 Å². The van der Waals surface area contributed by atoms with Gasteiger partial charge in [0.2, 0.25) is 10.0 Å². The van der Waals surface area contributed by atoms with Crippen molar-refractivity contribution in [2.75, 3.05) is 19.1 Å². The van der Waals surface area contributed by atoms with Gasteiger partial charge in [-0.15, -0.1) is 0 Å². The van der Waals surface area contributed by atoms with Gasteiger partial charge in [0, 0.05) is 17.8 Å². The zero-order chi connectivity index (χ0) is 15.2. The number of hydrogen-bond donors (Lipinski definition) is 2. The highest BCUT2D eigenvalue weighted by molar-refractivity contribution is 7.98. The number of sulfonamides is 1. The molecular formula is C14H24N2O2S2. The highest BCUT2D eigenvalue weighted by Crippen LogP contribution is 2.18. The second kappa shape index (κ2) is 8.02. The van der Waals surface area contributed by atoms with Gasteiger partial charge < -0.3 is 5.32 Å². The van der Waals surface area contributed by atoms with Crippen molar-refractivity contribution in [1.29, 1.82) is 0 Å². The van der Waals surface area contributed by atoms with Gasteiger partial charge in [0.05, 0.1) is 4.90 Å². The highest BCUT2D eigenvalue weighted by atomic mass is 32.2. The van der Waals surface area contributed by atoms with Gasteiger partial charge >= 0.3 is 0 Å². The van der Waals surface area contributed by atoms with Crippen LogP contribution in [0.1, 0.15) is 31.9 Å². The maximum Gasteiger partial charge on any atom is 0.240 e. The monoisotopic (exact) mass is 316 g/mol. The molecule has 0 aliphatic heterocycles. The molecule has 1 aromatic carbocycles. The first kappa shape index (κ1) is 17.5. The van der Waals surface area contributed by atoms with Crippen molar-refractivity contribution in [3.8, 4) is 0 Å². The lowest BCUT2D eigenvalue weighted by Crippen LogP contribution is -2.36. The minimum Gasteiger partial charge on any atom is -0.313 e. The summed E-state index contributed by atoms with van der Waals surface area (Å²) in [6.07, 6.45) is 2.76. The molecule has 2 atom stereocenters. The lowest BCUT2D eigenvalue weighted by atomic mass is 10.1. The van der Waals surface area contributed by atoms with Crippen LogP contribution in [0.2, 0.25) is 0 Å². The van der Waals surface area contributed by atoms with E-state index in [2.05, 4.69) is 10.0 Å². The van der Waals surface area contributed by atoms with E-state index >= 15 is 0 Å². The molecule has 0 heterocycles. The maximum absolute atomic E-state index is 12.4. The van der Waals surface area contributed by atoms with E-state index in [9.17, 15) is 8.42 Å². The van der Waals surface area contributed by atoms with Crippen LogP contribution in [0.5, 0.6) is 0 Å². The molecule has 0 saturated heterocycles. The van der Waals surface area contributed by atoms with Gasteiger partial charge in [-0.3, -0.25) is 0 Å². The first-order valence-electron chi connectivity index (χ1n) is 6.73. The topological polar surface area (TPSA) is 58.2 Å². The fourth-order valence-electron chi connectivity index (χ4n) is 1.84. The normalized spacial score (nSPS) is 15.0. The third kappa shape index (κ3) is 4.77. The molecule has 0 spiro atoms. The van der Waals surface area contributed by atoms with E-state index in [-0.39, 0.29) is 12.1 Å². The van der Waals surface area contributed by atoms with Crippen LogP contribution >= 0.6 is 11.8 Å². The summed E-state index contributed by atoms with van der Waals surface area (Å²) in [5.41, 5.74) is 0.966. The van der Waals surface area contributed by atoms with Crippen LogP contribution in [0.25, 0.3) is 0 Å². The fraction of sp³-hybridized carbons (Fsp3) is 0.571. The number of rotatable bonds is 8. The van der Waals surface area contributed by atoms with Gasteiger partial charge in [-0.25, -0.2) is 13.1 Å². The molecule has 2 unspecified atom stereocenters. The summed E-state index contributed by atoms with van der Waals surface area (Å²) in [5.74, 6) is 0.780. The van der Waals surface area contributed by atoms with E-state index in [0.717, 1.165) is 17.7 Å². The van der Waals surface area contributed by atoms with Crippen molar-refractivity contribution in [3.05, 3.63) is 29.8 Å². The Labute approximate surface area is 126 Å². The molecule has 0 amide bonds. The van der Waals surface area contributed by atoms with Crippen LogP contribution in [-0.4, -0.2) is 33.5 Å². The summed E-state index contributed by atoms with van der Waals surface area (Å²) >= 11 is 1.64. The second-order valence-electron chi connectivity index (χ2n) is 4.76. The van der Waals surface area contributed by atoms with Gasteiger partial charge in [-0.2, -0.15) is 11.8 Å². The molecule has 2 N–H and O–H groups in total. The van der Waals surface area contributed by atoms with Gasteiger partial charge in [-0.05, 0) is 44.3 Å². The average molecular weight is 316 g/mol. The van der Waals surface area contributed by atoms with Gasteiger partial charge in [0.25, 0.3) is 0 Å². The maximum atomic E-state index is 12.4. The smallest absolute Gasteiger partial charge is 0.240 e. The molecule has 0 saturated carbocycles. The van der Waals surface area contributed by atoms with Crippen LogP contribution in [0.4, 0.5) is 0 Å². The molecule has 1 aromatic rings. The van der Waals surface area contributed by atoms with Crippen molar-refractivity contribution in [3.63, 3.8) is 0 Å². The predicted octanol–water partition coefficient (Wildman–Crippen LogP) is 2.39. The predicted molar refractivity (Wildman–Crippen MR) is 86.7 cm³/mol. The van der Waals surface area contributed by atoms with E-state index in [4.69, 9.17) is 0 Å². The SMILES string of the molecule is CCC(CSC)NS(=O)(=O)c1cccc(C(C)NC)c1. The Kier molecular flexibility index (Phi) is 7.02. The molecule has 0 aliphatic carbocycles. The molecule has 1 rings (SSSR count). The lowest BCUT2D eigenvalue weighted by Gasteiger charge is -2.17. The van der Waals surface area contributed by atoms with E-state index in [1.165, 1.54) is 0 Å². The van der Waals surface area contributed by atoms with Crippen molar-refractivity contribution in [2.24, 2.45) is 0 Å². The number of nitrogens with one attached hydrogen (secondary N) is 2. The number of hydrogen-bond acceptors (Lipinski definition) is 4. The van der Waals surface area contributed by atoms with Crippen molar-refractivity contribution < 1.29 is 8.42 Å². The summed E-state index contributed by atoms with van der Waals surface area (Å²) in [6.45, 7) is 3.99. The highest BCUT2D eigenvalue weighted by Gasteiger charge is 2.19. The Balaban J connectivity index is 2.97. The quantitative estimate of drug-likeness (QED) is 0.773. The molecule has 0 aliphatic rings. The van der Waals surface area contributed by atoms with E-state index in [1.54, 1.807) is 30.0 Å². The van der Waals surface area contributed by atoms with Crippen LogP contribution < -0.4 is 10.0 Å². The summed E-state index contributed by atoms with van der Waals surface area (Å²) in [5, 5.41) is 3.11. The van der Waals surface area contributed by atoms with Crippen LogP contribution in [0.3, 0.4) is 0 Å². The van der Waals surface area contributed by atoms with Crippen molar-refractivity contribution in [1.82, 2.24) is 10.0 Å². The fourth-order valence-corrected chi connectivity index (χ4v) is 4.04. The standard InChI is InChI=1S/C14H24N2O2S2/c1-5-13(10-19-4)16-20(17,18)14-8-6-7-12(9-14)11(2)15-3/h6-9,11,13,15-16H,5,10H2,1-4H3. The zero-order valence-electron chi connectivity index (χ0n) is 12.5. The summed E-state index contributed by atoms with van der Waals surface area (Å²) in [7, 11) is -1.59. The number of thioether (sulfide) groups is 1. The molecule has 20 heavy (non-hydrogen) atoms. The largest absolute Gasteiger partial charge is 0.313 e. The van der Waals surface area contributed by atoms with Gasteiger partial charge in [0.15, 0.2) is 0 Å². The van der Waals surface area contributed by atoms with E-state index in [1.807, 2.05) is 33.2 Å². The first-order chi connectivity index (χ1) is 9.44. The summed E-state index contributed by atoms with van der Waals surface area (Å²) < 4.78 is 27.6. The number of benzene rings is 1. The Hall–Kier alpha value is -0.560. The summed E-state index contributed by atoms with van der Waals surface area (Å²) in [6, 6.07) is 7.18. The Morgan fingerprint density at radius 1 is 1.35 bits per heavy atom. The molecule has 6 heteroatoms. The first-order valence-corrected chi connectivity index (χ1v) is 9.60. The third-order valence-corrected chi connectivity index (χ3v) is 5.54.